The van der Waals surface area contributed by atoms with Crippen LogP contribution in [0.5, 0.6) is 0 Å². The molecule has 0 aliphatic carbocycles. The first-order chi connectivity index (χ1) is 19.1. The lowest BCUT2D eigenvalue weighted by molar-refractivity contribution is -0.120. The van der Waals surface area contributed by atoms with E-state index in [1.54, 1.807) is 35.6 Å². The van der Waals surface area contributed by atoms with E-state index in [1.165, 1.54) is 11.9 Å². The highest BCUT2D eigenvalue weighted by molar-refractivity contribution is 7.91. The summed E-state index contributed by atoms with van der Waals surface area (Å²) in [4.78, 5) is 27.9. The molecule has 0 spiro atoms. The first-order valence-corrected chi connectivity index (χ1v) is 14.8. The van der Waals surface area contributed by atoms with Gasteiger partial charge in [-0.2, -0.15) is 8.42 Å². The van der Waals surface area contributed by atoms with E-state index in [0.717, 1.165) is 32.1 Å². The number of amides is 3. The molecule has 3 amide bonds. The number of anilines is 2. The van der Waals surface area contributed by atoms with E-state index < -0.39 is 39.8 Å². The molecule has 0 radical (unpaired) electrons. The highest BCUT2D eigenvalue weighted by Crippen LogP contribution is 2.29. The van der Waals surface area contributed by atoms with Crippen LogP contribution in [0.15, 0.2) is 72.1 Å². The fourth-order valence-electron chi connectivity index (χ4n) is 4.80. The SMILES string of the molecule is CN(C(=O)[C@H](Cc1cc(F)cc(F)c1)NC(=O)NS(=O)(=O)N1CCCc2ccccc21)c1ccc2sccc2c1. The van der Waals surface area contributed by atoms with E-state index in [4.69, 9.17) is 0 Å². The quantitative estimate of drug-likeness (QED) is 0.328. The number of hydrogen-bond donors (Lipinski definition) is 2. The Bertz CT molecular complexity index is 1670. The van der Waals surface area contributed by atoms with Crippen LogP contribution in [0.4, 0.5) is 25.0 Å². The number of benzene rings is 3. The van der Waals surface area contributed by atoms with Gasteiger partial charge in [-0.25, -0.2) is 18.3 Å². The Kier molecular flexibility index (Phi) is 7.72. The lowest BCUT2D eigenvalue weighted by atomic mass is 10.0. The molecular weight excluding hydrogens is 558 g/mol. The highest BCUT2D eigenvalue weighted by Gasteiger charge is 2.31. The average molecular weight is 585 g/mol. The van der Waals surface area contributed by atoms with Gasteiger partial charge in [0.25, 0.3) is 0 Å². The minimum Gasteiger partial charge on any atom is -0.325 e. The molecule has 4 aromatic rings. The Morgan fingerprint density at radius 3 is 2.58 bits per heavy atom. The third kappa shape index (κ3) is 5.92. The maximum atomic E-state index is 13.9. The zero-order valence-corrected chi connectivity index (χ0v) is 23.1. The van der Waals surface area contributed by atoms with Crippen molar-refractivity contribution < 1.29 is 26.8 Å². The van der Waals surface area contributed by atoms with Crippen molar-refractivity contribution in [1.82, 2.24) is 10.0 Å². The molecule has 1 aromatic heterocycles. The molecule has 1 aliphatic rings. The Hall–Kier alpha value is -4.03. The summed E-state index contributed by atoms with van der Waals surface area (Å²) in [6.07, 6.45) is 1.00. The first kappa shape index (κ1) is 27.5. The van der Waals surface area contributed by atoms with Crippen molar-refractivity contribution in [3.05, 3.63) is 94.9 Å². The highest BCUT2D eigenvalue weighted by atomic mass is 32.2. The standard InChI is InChI=1S/C28H26F2N4O4S2/c1-33(23-8-9-26-20(16-23)10-12-39-26)27(35)24(15-18-13-21(29)17-22(30)14-18)31-28(36)32-40(37,38)34-11-4-6-19-5-2-3-7-25(19)34/h2-3,5,7-10,12-14,16-17,24H,4,6,11,15H2,1H3,(H2,31,32,36)/t24-/m0/s1. The molecule has 5 rings (SSSR count). The fraction of sp³-hybridized carbons (Fsp3) is 0.214. The normalized spacial score (nSPS) is 13.9. The van der Waals surface area contributed by atoms with Crippen molar-refractivity contribution in [2.75, 3.05) is 22.8 Å². The smallest absolute Gasteiger partial charge is 0.325 e. The number of rotatable bonds is 7. The summed E-state index contributed by atoms with van der Waals surface area (Å²) in [6, 6.07) is 14.7. The number of para-hydroxylation sites is 1. The van der Waals surface area contributed by atoms with Crippen molar-refractivity contribution in [3.63, 3.8) is 0 Å². The van der Waals surface area contributed by atoms with Gasteiger partial charge in [0.2, 0.25) is 5.91 Å². The third-order valence-electron chi connectivity index (χ3n) is 6.70. The van der Waals surface area contributed by atoms with E-state index in [9.17, 15) is 26.8 Å². The molecule has 0 saturated heterocycles. The van der Waals surface area contributed by atoms with Crippen LogP contribution in [0.25, 0.3) is 10.1 Å². The largest absolute Gasteiger partial charge is 0.330 e. The van der Waals surface area contributed by atoms with Gasteiger partial charge < -0.3 is 10.2 Å². The van der Waals surface area contributed by atoms with Crippen molar-refractivity contribution in [3.8, 4) is 0 Å². The maximum Gasteiger partial charge on any atom is 0.330 e. The second kappa shape index (κ2) is 11.2. The van der Waals surface area contributed by atoms with Crippen LogP contribution in [0.1, 0.15) is 17.5 Å². The zero-order valence-electron chi connectivity index (χ0n) is 21.4. The van der Waals surface area contributed by atoms with Crippen molar-refractivity contribution in [2.45, 2.75) is 25.3 Å². The number of carbonyl (C=O) groups is 2. The fourth-order valence-corrected chi connectivity index (χ4v) is 6.78. The summed E-state index contributed by atoms with van der Waals surface area (Å²) in [5.74, 6) is -2.28. The molecule has 1 aliphatic heterocycles. The summed E-state index contributed by atoms with van der Waals surface area (Å²) >= 11 is 1.55. The minimum absolute atomic E-state index is 0.116. The van der Waals surface area contributed by atoms with Crippen LogP contribution in [-0.4, -0.2) is 40.0 Å². The molecule has 0 saturated carbocycles. The topological polar surface area (TPSA) is 98.8 Å². The van der Waals surface area contributed by atoms with Gasteiger partial charge in [0.15, 0.2) is 0 Å². The predicted octanol–water partition coefficient (Wildman–Crippen LogP) is 4.75. The van der Waals surface area contributed by atoms with Gasteiger partial charge in [0.1, 0.15) is 17.7 Å². The number of fused-ring (bicyclic) bond motifs is 2. The Balaban J connectivity index is 1.39. The number of urea groups is 1. The monoisotopic (exact) mass is 584 g/mol. The van der Waals surface area contributed by atoms with Gasteiger partial charge in [-0.05, 0) is 77.2 Å². The Morgan fingerprint density at radius 2 is 1.80 bits per heavy atom. The zero-order chi connectivity index (χ0) is 28.4. The van der Waals surface area contributed by atoms with E-state index >= 15 is 0 Å². The summed E-state index contributed by atoms with van der Waals surface area (Å²) in [5, 5.41) is 5.26. The van der Waals surface area contributed by atoms with E-state index in [-0.39, 0.29) is 18.5 Å². The van der Waals surface area contributed by atoms with Crippen molar-refractivity contribution in [2.24, 2.45) is 0 Å². The molecule has 208 valence electrons. The van der Waals surface area contributed by atoms with E-state index in [0.29, 0.717) is 30.3 Å². The lowest BCUT2D eigenvalue weighted by Crippen LogP contribution is -2.55. The second-order valence-corrected chi connectivity index (χ2v) is 12.0. The van der Waals surface area contributed by atoms with Gasteiger partial charge in [0.05, 0.1) is 5.69 Å². The molecule has 0 fully saturated rings. The van der Waals surface area contributed by atoms with Gasteiger partial charge in [-0.1, -0.05) is 18.2 Å². The number of carbonyl (C=O) groups excluding carboxylic acids is 2. The van der Waals surface area contributed by atoms with Crippen LogP contribution < -0.4 is 19.2 Å². The van der Waals surface area contributed by atoms with Crippen LogP contribution in [0.2, 0.25) is 0 Å². The van der Waals surface area contributed by atoms with Crippen molar-refractivity contribution in [1.29, 1.82) is 0 Å². The molecule has 40 heavy (non-hydrogen) atoms. The summed E-state index contributed by atoms with van der Waals surface area (Å²) in [5.41, 5.74) is 1.96. The molecule has 12 heteroatoms. The molecular formula is C28H26F2N4O4S2. The third-order valence-corrected chi connectivity index (χ3v) is 9.00. The van der Waals surface area contributed by atoms with E-state index in [1.807, 2.05) is 34.4 Å². The number of aryl methyl sites for hydroxylation is 1. The number of nitrogens with zero attached hydrogens (tertiary/aromatic N) is 2. The summed E-state index contributed by atoms with van der Waals surface area (Å²) in [6.45, 7) is 0.179. The van der Waals surface area contributed by atoms with Crippen LogP contribution in [0, 0.1) is 11.6 Å². The molecule has 2 heterocycles. The van der Waals surface area contributed by atoms with Crippen LogP contribution in [0.3, 0.4) is 0 Å². The molecule has 0 unspecified atom stereocenters. The molecule has 1 atom stereocenters. The summed E-state index contributed by atoms with van der Waals surface area (Å²) < 4.78 is 58.3. The average Bonchev–Trinajstić information content (AvgIpc) is 3.39. The van der Waals surface area contributed by atoms with Crippen LogP contribution >= 0.6 is 11.3 Å². The first-order valence-electron chi connectivity index (χ1n) is 12.5. The molecule has 2 N–H and O–H groups in total. The van der Waals surface area contributed by atoms with Gasteiger partial charge in [-0.15, -0.1) is 11.3 Å². The molecule has 8 nitrogen and oxygen atoms in total. The number of hydrogen-bond acceptors (Lipinski definition) is 5. The van der Waals surface area contributed by atoms with Gasteiger partial charge >= 0.3 is 16.2 Å². The lowest BCUT2D eigenvalue weighted by Gasteiger charge is -2.30. The molecule has 3 aromatic carbocycles. The van der Waals surface area contributed by atoms with Crippen molar-refractivity contribution >= 4 is 54.9 Å². The van der Waals surface area contributed by atoms with Crippen LogP contribution in [-0.2, 0) is 27.8 Å². The number of likely N-dealkylation sites (N-methyl/N-ethyl adjacent to an activating group) is 1. The Morgan fingerprint density at radius 1 is 1.05 bits per heavy atom. The number of halogens is 2. The predicted molar refractivity (Wildman–Crippen MR) is 152 cm³/mol. The summed E-state index contributed by atoms with van der Waals surface area (Å²) in [7, 11) is -2.81. The molecule has 0 bridgehead atoms. The maximum absolute atomic E-state index is 13.9. The number of nitrogens with one attached hydrogen (secondary N) is 2. The Labute approximate surface area is 234 Å². The van der Waals surface area contributed by atoms with Gasteiger partial charge in [-0.3, -0.25) is 9.10 Å². The van der Waals surface area contributed by atoms with E-state index in [2.05, 4.69) is 5.32 Å². The van der Waals surface area contributed by atoms with Gasteiger partial charge in [0, 0.05) is 36.5 Å². The number of thiophene rings is 1. The minimum atomic E-state index is -4.32. The second-order valence-electron chi connectivity index (χ2n) is 9.46.